The zero-order valence-corrected chi connectivity index (χ0v) is 15.1. The molecule has 25 heavy (non-hydrogen) atoms. The number of nitrogens with two attached hydrogens (primary N) is 1. The van der Waals surface area contributed by atoms with Crippen LogP contribution in [0.1, 0.15) is 15.9 Å². The average Bonchev–Trinajstić information content (AvgIpc) is 2.62. The molecule has 0 aliphatic carbocycles. The van der Waals surface area contributed by atoms with Crippen molar-refractivity contribution >= 4 is 34.6 Å². The molecule has 0 bridgehead atoms. The number of nitrogens with zero attached hydrogens (tertiary/aromatic N) is 2. The van der Waals surface area contributed by atoms with Gasteiger partial charge in [-0.1, -0.05) is 18.2 Å². The van der Waals surface area contributed by atoms with E-state index in [0.29, 0.717) is 0 Å². The summed E-state index contributed by atoms with van der Waals surface area (Å²) >= 11 is 4.84. The first-order chi connectivity index (χ1) is 12.0. The molecule has 0 atom stereocenters. The Morgan fingerprint density at radius 3 is 2.28 bits per heavy atom. The van der Waals surface area contributed by atoms with Crippen LogP contribution in [0.3, 0.4) is 0 Å². The molecule has 0 spiro atoms. The van der Waals surface area contributed by atoms with Crippen molar-refractivity contribution in [1.29, 1.82) is 0 Å². The molecule has 1 saturated heterocycles. The summed E-state index contributed by atoms with van der Waals surface area (Å²) in [5, 5.41) is 3.18. The van der Waals surface area contributed by atoms with E-state index in [-0.39, 0.29) is 11.0 Å². The van der Waals surface area contributed by atoms with Crippen molar-refractivity contribution in [3.63, 3.8) is 0 Å². The highest BCUT2D eigenvalue weighted by molar-refractivity contribution is 7.80. The van der Waals surface area contributed by atoms with Gasteiger partial charge in [0.2, 0.25) is 0 Å². The highest BCUT2D eigenvalue weighted by Gasteiger charge is 2.23. The second-order valence-corrected chi connectivity index (χ2v) is 6.57. The molecular weight excluding hydrogens is 332 g/mol. The quantitative estimate of drug-likeness (QED) is 0.830. The highest BCUT2D eigenvalue weighted by Crippen LogP contribution is 2.20. The number of benzene rings is 2. The largest absolute Gasteiger partial charge is 0.376 e. The van der Waals surface area contributed by atoms with Gasteiger partial charge in [0.1, 0.15) is 0 Å². The molecule has 0 radical (unpaired) electrons. The number of carbonyl (C=O) groups excluding carboxylic acids is 1. The smallest absolute Gasteiger partial charge is 0.254 e. The monoisotopic (exact) mass is 354 g/mol. The third-order valence-corrected chi connectivity index (χ3v) is 4.54. The molecule has 0 unspecified atom stereocenters. The molecule has 1 aliphatic heterocycles. The summed E-state index contributed by atoms with van der Waals surface area (Å²) < 4.78 is 0. The third kappa shape index (κ3) is 4.09. The minimum Gasteiger partial charge on any atom is -0.376 e. The van der Waals surface area contributed by atoms with E-state index < -0.39 is 0 Å². The van der Waals surface area contributed by atoms with Crippen LogP contribution in [-0.2, 0) is 0 Å². The van der Waals surface area contributed by atoms with Crippen LogP contribution in [0.5, 0.6) is 0 Å². The predicted molar refractivity (Wildman–Crippen MR) is 106 cm³/mol. The van der Waals surface area contributed by atoms with Gasteiger partial charge in [0.15, 0.2) is 5.11 Å². The first-order valence-electron chi connectivity index (χ1n) is 8.31. The summed E-state index contributed by atoms with van der Waals surface area (Å²) in [6, 6.07) is 15.8. The van der Waals surface area contributed by atoms with E-state index in [1.807, 2.05) is 60.4 Å². The first-order valence-corrected chi connectivity index (χ1v) is 8.72. The third-order valence-electron chi connectivity index (χ3n) is 4.44. The van der Waals surface area contributed by atoms with Crippen molar-refractivity contribution in [2.45, 2.75) is 6.92 Å². The number of piperazine rings is 1. The second-order valence-electron chi connectivity index (χ2n) is 6.13. The standard InChI is InChI=1S/C19H22N4OS/c1-14-4-2-3-5-17(14)18(24)23-12-10-22(11-13-23)16-8-6-15(7-9-16)21-19(20)25/h2-9H,10-13H2,1H3,(H3,20,21,25). The van der Waals surface area contributed by atoms with Gasteiger partial charge < -0.3 is 20.9 Å². The lowest BCUT2D eigenvalue weighted by Gasteiger charge is -2.36. The maximum Gasteiger partial charge on any atom is 0.254 e. The molecule has 130 valence electrons. The van der Waals surface area contributed by atoms with Crippen molar-refractivity contribution in [1.82, 2.24) is 4.90 Å². The Morgan fingerprint density at radius 1 is 1.04 bits per heavy atom. The van der Waals surface area contributed by atoms with Crippen LogP contribution in [-0.4, -0.2) is 42.1 Å². The molecule has 3 N–H and O–H groups in total. The Kier molecular flexibility index (Phi) is 5.19. The Bertz CT molecular complexity index is 767. The molecular formula is C19H22N4OS. The lowest BCUT2D eigenvalue weighted by Crippen LogP contribution is -2.48. The summed E-state index contributed by atoms with van der Waals surface area (Å²) in [6.45, 7) is 5.06. The van der Waals surface area contributed by atoms with Crippen LogP contribution in [0.4, 0.5) is 11.4 Å². The maximum absolute atomic E-state index is 12.7. The lowest BCUT2D eigenvalue weighted by molar-refractivity contribution is 0.0746. The van der Waals surface area contributed by atoms with Gasteiger partial charge in [-0.05, 0) is 55.0 Å². The number of anilines is 2. The van der Waals surface area contributed by atoms with E-state index in [0.717, 1.165) is 48.7 Å². The maximum atomic E-state index is 12.7. The van der Waals surface area contributed by atoms with Gasteiger partial charge in [0.25, 0.3) is 5.91 Å². The van der Waals surface area contributed by atoms with Gasteiger partial charge >= 0.3 is 0 Å². The number of nitrogens with one attached hydrogen (secondary N) is 1. The van der Waals surface area contributed by atoms with Crippen molar-refractivity contribution in [2.24, 2.45) is 5.73 Å². The number of aryl methyl sites for hydroxylation is 1. The molecule has 1 fully saturated rings. The zero-order chi connectivity index (χ0) is 17.8. The van der Waals surface area contributed by atoms with Crippen LogP contribution in [0.2, 0.25) is 0 Å². The summed E-state index contributed by atoms with van der Waals surface area (Å²) in [7, 11) is 0. The van der Waals surface area contributed by atoms with Crippen molar-refractivity contribution in [3.05, 3.63) is 59.7 Å². The Morgan fingerprint density at radius 2 is 1.68 bits per heavy atom. The minimum absolute atomic E-state index is 0.119. The number of hydrogen-bond donors (Lipinski definition) is 2. The second kappa shape index (κ2) is 7.53. The topological polar surface area (TPSA) is 61.6 Å². The fourth-order valence-electron chi connectivity index (χ4n) is 3.05. The molecule has 1 amide bonds. The van der Waals surface area contributed by atoms with Gasteiger partial charge in [0.05, 0.1) is 0 Å². The fraction of sp³-hybridized carbons (Fsp3) is 0.263. The molecule has 0 saturated carbocycles. The van der Waals surface area contributed by atoms with E-state index in [4.69, 9.17) is 18.0 Å². The van der Waals surface area contributed by atoms with Gasteiger partial charge in [-0.15, -0.1) is 0 Å². The summed E-state index contributed by atoms with van der Waals surface area (Å²) in [6.07, 6.45) is 0. The summed E-state index contributed by atoms with van der Waals surface area (Å²) in [5.74, 6) is 0.119. The van der Waals surface area contributed by atoms with Gasteiger partial charge in [0, 0.05) is 43.1 Å². The number of hydrogen-bond acceptors (Lipinski definition) is 3. The van der Waals surface area contributed by atoms with E-state index in [2.05, 4.69) is 10.2 Å². The number of thiocarbonyl (C=S) groups is 1. The lowest BCUT2D eigenvalue weighted by atomic mass is 10.1. The van der Waals surface area contributed by atoms with Crippen LogP contribution in [0, 0.1) is 6.92 Å². The highest BCUT2D eigenvalue weighted by atomic mass is 32.1. The molecule has 0 aromatic heterocycles. The summed E-state index contributed by atoms with van der Waals surface area (Å²) in [5.41, 5.74) is 9.31. The molecule has 2 aromatic rings. The molecule has 5 nitrogen and oxygen atoms in total. The van der Waals surface area contributed by atoms with Crippen LogP contribution in [0.25, 0.3) is 0 Å². The SMILES string of the molecule is Cc1ccccc1C(=O)N1CCN(c2ccc(NC(N)=S)cc2)CC1. The van der Waals surface area contributed by atoms with E-state index in [1.165, 1.54) is 0 Å². The molecule has 2 aromatic carbocycles. The van der Waals surface area contributed by atoms with Crippen LogP contribution < -0.4 is 16.0 Å². The average molecular weight is 354 g/mol. The van der Waals surface area contributed by atoms with E-state index in [9.17, 15) is 4.79 Å². The van der Waals surface area contributed by atoms with Crippen LogP contribution in [0.15, 0.2) is 48.5 Å². The fourth-order valence-corrected chi connectivity index (χ4v) is 3.17. The van der Waals surface area contributed by atoms with Crippen molar-refractivity contribution < 1.29 is 4.79 Å². The molecule has 3 rings (SSSR count). The van der Waals surface area contributed by atoms with Crippen molar-refractivity contribution in [2.75, 3.05) is 36.4 Å². The molecule has 6 heteroatoms. The van der Waals surface area contributed by atoms with Gasteiger partial charge in [-0.3, -0.25) is 4.79 Å². The molecule has 1 aliphatic rings. The number of rotatable bonds is 3. The van der Waals surface area contributed by atoms with Crippen LogP contribution >= 0.6 is 12.2 Å². The number of carbonyl (C=O) groups is 1. The van der Waals surface area contributed by atoms with Crippen molar-refractivity contribution in [3.8, 4) is 0 Å². The Balaban J connectivity index is 1.61. The van der Waals surface area contributed by atoms with E-state index >= 15 is 0 Å². The normalized spacial score (nSPS) is 14.3. The predicted octanol–water partition coefficient (Wildman–Crippen LogP) is 2.61. The zero-order valence-electron chi connectivity index (χ0n) is 14.2. The number of amides is 1. The Hall–Kier alpha value is -2.60. The summed E-state index contributed by atoms with van der Waals surface area (Å²) in [4.78, 5) is 16.9. The minimum atomic E-state index is 0.119. The molecule has 1 heterocycles. The van der Waals surface area contributed by atoms with E-state index in [1.54, 1.807) is 0 Å². The van der Waals surface area contributed by atoms with Gasteiger partial charge in [-0.2, -0.15) is 0 Å². The van der Waals surface area contributed by atoms with Gasteiger partial charge in [-0.25, -0.2) is 0 Å². The first kappa shape index (κ1) is 17.2. The Labute approximate surface area is 153 Å².